The monoisotopic (exact) mass is 453 g/mol. The van der Waals surface area contributed by atoms with Gasteiger partial charge in [-0.2, -0.15) is 5.10 Å². The van der Waals surface area contributed by atoms with E-state index in [2.05, 4.69) is 15.5 Å². The van der Waals surface area contributed by atoms with E-state index in [-0.39, 0.29) is 0 Å². The Kier molecular flexibility index (Phi) is 5.83. The quantitative estimate of drug-likeness (QED) is 0.184. The average Bonchev–Trinajstić information content (AvgIpc) is 2.84. The van der Waals surface area contributed by atoms with Crippen molar-refractivity contribution >= 4 is 45.6 Å². The second-order valence-electron chi connectivity index (χ2n) is 7.30. The highest BCUT2D eigenvalue weighted by Crippen LogP contribution is 2.27. The van der Waals surface area contributed by atoms with Gasteiger partial charge in [0.15, 0.2) is 5.82 Å². The van der Waals surface area contributed by atoms with E-state index < -0.39 is 0 Å². The van der Waals surface area contributed by atoms with Crippen LogP contribution in [-0.4, -0.2) is 27.8 Å². The predicted octanol–water partition coefficient (Wildman–Crippen LogP) is 6.34. The molecule has 2 heterocycles. The first-order valence-corrected chi connectivity index (χ1v) is 10.9. The summed E-state index contributed by atoms with van der Waals surface area (Å²) >= 11 is 6.42. The summed E-state index contributed by atoms with van der Waals surface area (Å²) in [4.78, 5) is 14.0. The van der Waals surface area contributed by atoms with Crippen LogP contribution in [-0.2, 0) is 0 Å². The lowest BCUT2D eigenvalue weighted by molar-refractivity contribution is 0.340. The fraction of sp³-hybridized carbons (Fsp3) is 0.0769. The van der Waals surface area contributed by atoms with Gasteiger partial charge in [-0.3, -0.25) is 5.43 Å². The largest absolute Gasteiger partial charge is 0.494 e. The van der Waals surface area contributed by atoms with Crippen LogP contribution in [0.2, 0.25) is 5.15 Å². The maximum atomic E-state index is 6.42. The second-order valence-corrected chi connectivity index (χ2v) is 7.66. The summed E-state index contributed by atoms with van der Waals surface area (Å²) < 4.78 is 5.54. The molecule has 0 aliphatic carbocycles. The summed E-state index contributed by atoms with van der Waals surface area (Å²) in [5, 5.41) is 5.69. The Bertz CT molecular complexity index is 1470. The highest BCUT2D eigenvalue weighted by molar-refractivity contribution is 6.32. The third kappa shape index (κ3) is 4.47. The number of rotatable bonds is 6. The van der Waals surface area contributed by atoms with Gasteiger partial charge >= 0.3 is 0 Å². The first-order valence-electron chi connectivity index (χ1n) is 10.6. The number of hydrogen-bond donors (Lipinski definition) is 1. The van der Waals surface area contributed by atoms with Crippen molar-refractivity contribution in [3.05, 3.63) is 89.6 Å². The van der Waals surface area contributed by atoms with Crippen molar-refractivity contribution in [3.63, 3.8) is 0 Å². The van der Waals surface area contributed by atoms with Crippen LogP contribution in [0.25, 0.3) is 33.2 Å². The minimum Gasteiger partial charge on any atom is -0.494 e. The van der Waals surface area contributed by atoms with Gasteiger partial charge in [0, 0.05) is 22.6 Å². The van der Waals surface area contributed by atoms with Gasteiger partial charge in [-0.25, -0.2) is 15.0 Å². The predicted molar refractivity (Wildman–Crippen MR) is 134 cm³/mol. The van der Waals surface area contributed by atoms with Gasteiger partial charge in [0.25, 0.3) is 0 Å². The van der Waals surface area contributed by atoms with Crippen molar-refractivity contribution in [1.82, 2.24) is 15.0 Å². The third-order valence-electron chi connectivity index (χ3n) is 5.07. The number of ether oxygens (including phenoxy) is 1. The number of hydrazone groups is 1. The Hall–Kier alpha value is -4.03. The Balaban J connectivity index is 1.48. The summed E-state index contributed by atoms with van der Waals surface area (Å²) in [6.07, 6.45) is 1.64. The number of para-hydroxylation sites is 2. The highest BCUT2D eigenvalue weighted by Gasteiger charge is 2.11. The van der Waals surface area contributed by atoms with E-state index in [0.29, 0.717) is 23.1 Å². The summed E-state index contributed by atoms with van der Waals surface area (Å²) in [7, 11) is 0. The van der Waals surface area contributed by atoms with E-state index in [4.69, 9.17) is 26.3 Å². The van der Waals surface area contributed by atoms with E-state index in [1.165, 1.54) is 0 Å². The normalized spacial score (nSPS) is 11.3. The summed E-state index contributed by atoms with van der Waals surface area (Å²) in [5.74, 6) is 1.32. The van der Waals surface area contributed by atoms with Crippen LogP contribution in [0, 0.1) is 0 Å². The number of halogens is 1. The van der Waals surface area contributed by atoms with E-state index >= 15 is 0 Å². The van der Waals surface area contributed by atoms with Crippen LogP contribution in [0.1, 0.15) is 12.5 Å². The van der Waals surface area contributed by atoms with Crippen molar-refractivity contribution in [2.24, 2.45) is 5.10 Å². The molecule has 0 unspecified atom stereocenters. The first-order chi connectivity index (χ1) is 16.2. The Labute approximate surface area is 195 Å². The maximum Gasteiger partial charge on any atom is 0.173 e. The van der Waals surface area contributed by atoms with Crippen molar-refractivity contribution in [3.8, 4) is 17.0 Å². The van der Waals surface area contributed by atoms with Crippen molar-refractivity contribution in [2.75, 3.05) is 12.0 Å². The molecule has 0 fully saturated rings. The van der Waals surface area contributed by atoms with Crippen molar-refractivity contribution in [1.29, 1.82) is 0 Å². The number of nitrogens with zero attached hydrogens (tertiary/aromatic N) is 4. The van der Waals surface area contributed by atoms with Crippen LogP contribution in [0.5, 0.6) is 5.75 Å². The number of aromatic nitrogens is 3. The average molecular weight is 454 g/mol. The zero-order chi connectivity index (χ0) is 22.6. The van der Waals surface area contributed by atoms with E-state index in [1.54, 1.807) is 6.21 Å². The molecule has 0 aliphatic heterocycles. The molecule has 0 bridgehead atoms. The molecule has 5 aromatic rings. The van der Waals surface area contributed by atoms with E-state index in [9.17, 15) is 0 Å². The lowest BCUT2D eigenvalue weighted by Gasteiger charge is -2.09. The standard InChI is InChI=1S/C26H20ClN5O/c1-2-33-20-13-12-18-14-19(25(27)30-23(18)15-20)16-28-32-26-24(17-8-4-3-5-9-17)29-21-10-6-7-11-22(21)31-26/h3-16H,2H2,1H3,(H,31,32). The highest BCUT2D eigenvalue weighted by atomic mass is 35.5. The Morgan fingerprint density at radius 1 is 0.879 bits per heavy atom. The van der Waals surface area contributed by atoms with Gasteiger partial charge in [-0.15, -0.1) is 0 Å². The lowest BCUT2D eigenvalue weighted by Crippen LogP contribution is -2.00. The molecule has 2 aromatic heterocycles. The number of nitrogens with one attached hydrogen (secondary N) is 1. The molecule has 0 saturated heterocycles. The molecule has 7 heteroatoms. The Morgan fingerprint density at radius 3 is 2.42 bits per heavy atom. The fourth-order valence-electron chi connectivity index (χ4n) is 3.52. The van der Waals surface area contributed by atoms with Crippen LogP contribution >= 0.6 is 11.6 Å². The number of pyridine rings is 1. The minimum atomic E-state index is 0.356. The van der Waals surface area contributed by atoms with Gasteiger partial charge in [0.1, 0.15) is 16.6 Å². The topological polar surface area (TPSA) is 72.3 Å². The molecular formula is C26H20ClN5O. The van der Waals surface area contributed by atoms with Gasteiger partial charge < -0.3 is 4.74 Å². The summed E-state index contributed by atoms with van der Waals surface area (Å²) in [6.45, 7) is 2.54. The molecule has 0 atom stereocenters. The molecule has 5 rings (SSSR count). The molecule has 0 aliphatic rings. The van der Waals surface area contributed by atoms with Crippen LogP contribution in [0.4, 0.5) is 5.82 Å². The third-order valence-corrected chi connectivity index (χ3v) is 5.38. The molecule has 0 spiro atoms. The molecule has 0 radical (unpaired) electrons. The summed E-state index contributed by atoms with van der Waals surface area (Å²) in [6, 6.07) is 25.3. The van der Waals surface area contributed by atoms with Gasteiger partial charge in [-0.1, -0.05) is 54.1 Å². The molecule has 162 valence electrons. The molecule has 0 amide bonds. The van der Waals surface area contributed by atoms with Crippen LogP contribution in [0.15, 0.2) is 84.0 Å². The zero-order valence-electron chi connectivity index (χ0n) is 17.9. The summed E-state index contributed by atoms with van der Waals surface area (Å²) in [5.41, 5.74) is 7.77. The SMILES string of the molecule is CCOc1ccc2cc(C=NNc3nc4ccccc4nc3-c3ccccc3)c(Cl)nc2c1. The first kappa shape index (κ1) is 20.8. The zero-order valence-corrected chi connectivity index (χ0v) is 18.6. The van der Waals surface area contributed by atoms with E-state index in [1.807, 2.05) is 85.8 Å². The fourth-order valence-corrected chi connectivity index (χ4v) is 3.72. The Morgan fingerprint density at radius 2 is 1.64 bits per heavy atom. The molecule has 1 N–H and O–H groups in total. The number of anilines is 1. The van der Waals surface area contributed by atoms with Gasteiger partial charge in [-0.05, 0) is 37.3 Å². The smallest absolute Gasteiger partial charge is 0.173 e. The molecular weight excluding hydrogens is 434 g/mol. The molecule has 6 nitrogen and oxygen atoms in total. The lowest BCUT2D eigenvalue weighted by atomic mass is 10.1. The number of benzene rings is 3. The van der Waals surface area contributed by atoms with Gasteiger partial charge in [0.05, 0.1) is 29.4 Å². The van der Waals surface area contributed by atoms with Crippen molar-refractivity contribution < 1.29 is 4.74 Å². The van der Waals surface area contributed by atoms with Crippen LogP contribution < -0.4 is 10.2 Å². The number of hydrogen-bond acceptors (Lipinski definition) is 6. The van der Waals surface area contributed by atoms with Gasteiger partial charge in [0.2, 0.25) is 0 Å². The second kappa shape index (κ2) is 9.22. The molecule has 33 heavy (non-hydrogen) atoms. The maximum absolute atomic E-state index is 6.42. The van der Waals surface area contributed by atoms with Crippen molar-refractivity contribution in [2.45, 2.75) is 6.92 Å². The van der Waals surface area contributed by atoms with E-state index in [0.717, 1.165) is 38.9 Å². The molecule has 3 aromatic carbocycles. The minimum absolute atomic E-state index is 0.356. The molecule has 0 saturated carbocycles. The number of fused-ring (bicyclic) bond motifs is 2. The van der Waals surface area contributed by atoms with Crippen LogP contribution in [0.3, 0.4) is 0 Å².